The lowest BCUT2D eigenvalue weighted by molar-refractivity contribution is -0.143. The number of hydrogen-bond acceptors (Lipinski definition) is 5. The maximum absolute atomic E-state index is 13.9. The Kier molecular flexibility index (Phi) is 13.7. The number of nitrogens with zero attached hydrogens (tertiary/aromatic N) is 1. The molecular formula is C29H49N3O5. The van der Waals surface area contributed by atoms with Gasteiger partial charge in [0.15, 0.2) is 0 Å². The van der Waals surface area contributed by atoms with Crippen LogP contribution in [0.3, 0.4) is 0 Å². The van der Waals surface area contributed by atoms with Crippen molar-refractivity contribution in [3.63, 3.8) is 0 Å². The summed E-state index contributed by atoms with van der Waals surface area (Å²) in [6.45, 7) is 14.7. The van der Waals surface area contributed by atoms with Crippen molar-refractivity contribution in [1.29, 1.82) is 0 Å². The van der Waals surface area contributed by atoms with Crippen LogP contribution in [0.25, 0.3) is 0 Å². The van der Waals surface area contributed by atoms with E-state index in [0.717, 1.165) is 48.8 Å². The maximum atomic E-state index is 13.9. The van der Waals surface area contributed by atoms with Crippen molar-refractivity contribution in [3.8, 4) is 0 Å². The van der Waals surface area contributed by atoms with Gasteiger partial charge in [-0.15, -0.1) is 0 Å². The molecule has 0 bridgehead atoms. The van der Waals surface area contributed by atoms with Gasteiger partial charge in [0.25, 0.3) is 0 Å². The molecule has 3 amide bonds. The highest BCUT2D eigenvalue weighted by atomic mass is 16.6. The molecule has 0 aliphatic heterocycles. The van der Waals surface area contributed by atoms with E-state index in [1.165, 1.54) is 4.90 Å². The van der Waals surface area contributed by atoms with Gasteiger partial charge in [-0.25, -0.2) is 4.79 Å². The number of amides is 3. The summed E-state index contributed by atoms with van der Waals surface area (Å²) in [4.78, 5) is 41.4. The summed E-state index contributed by atoms with van der Waals surface area (Å²) in [6.07, 6.45) is 5.30. The second kappa shape index (κ2) is 15.6. The van der Waals surface area contributed by atoms with Crippen LogP contribution in [-0.2, 0) is 14.3 Å². The topological polar surface area (TPSA) is 108 Å². The van der Waals surface area contributed by atoms with E-state index in [2.05, 4.69) is 17.6 Å². The summed E-state index contributed by atoms with van der Waals surface area (Å²) >= 11 is 0. The molecule has 0 aromatic heterocycles. The van der Waals surface area contributed by atoms with E-state index in [1.807, 2.05) is 45.9 Å². The minimum absolute atomic E-state index is 0.125. The van der Waals surface area contributed by atoms with Crippen LogP contribution >= 0.6 is 0 Å². The molecule has 210 valence electrons. The van der Waals surface area contributed by atoms with Crippen molar-refractivity contribution >= 4 is 17.9 Å². The summed E-state index contributed by atoms with van der Waals surface area (Å²) in [7, 11) is 0. The van der Waals surface area contributed by atoms with Crippen molar-refractivity contribution in [2.45, 2.75) is 118 Å². The molecule has 0 spiro atoms. The van der Waals surface area contributed by atoms with Crippen LogP contribution in [0, 0.1) is 13.8 Å². The molecule has 0 saturated heterocycles. The zero-order valence-electron chi connectivity index (χ0n) is 24.1. The lowest BCUT2D eigenvalue weighted by atomic mass is 9.94. The molecule has 1 rings (SSSR count). The quantitative estimate of drug-likeness (QED) is 0.302. The Morgan fingerprint density at radius 2 is 1.62 bits per heavy atom. The number of nitrogens with one attached hydrogen (secondary N) is 2. The van der Waals surface area contributed by atoms with Gasteiger partial charge in [0, 0.05) is 12.6 Å². The van der Waals surface area contributed by atoms with Gasteiger partial charge in [-0.2, -0.15) is 0 Å². The van der Waals surface area contributed by atoms with Crippen LogP contribution in [0.1, 0.15) is 103 Å². The van der Waals surface area contributed by atoms with Gasteiger partial charge in [-0.1, -0.05) is 57.2 Å². The normalized spacial score (nSPS) is 13.1. The van der Waals surface area contributed by atoms with Crippen LogP contribution in [0.2, 0.25) is 0 Å². The van der Waals surface area contributed by atoms with Gasteiger partial charge in [0.05, 0.1) is 6.61 Å². The van der Waals surface area contributed by atoms with E-state index in [0.29, 0.717) is 13.0 Å². The second-order valence-electron chi connectivity index (χ2n) is 11.0. The number of rotatable bonds is 14. The van der Waals surface area contributed by atoms with Gasteiger partial charge < -0.3 is 25.4 Å². The molecule has 0 aliphatic rings. The first kappa shape index (κ1) is 32.4. The predicted molar refractivity (Wildman–Crippen MR) is 147 cm³/mol. The Morgan fingerprint density at radius 3 is 2.19 bits per heavy atom. The molecule has 3 N–H and O–H groups in total. The molecule has 1 aromatic carbocycles. The number of aryl methyl sites for hydroxylation is 1. The number of ether oxygens (including phenoxy) is 1. The third-order valence-corrected chi connectivity index (χ3v) is 6.14. The fourth-order valence-corrected chi connectivity index (χ4v) is 4.15. The lowest BCUT2D eigenvalue weighted by Gasteiger charge is -2.35. The van der Waals surface area contributed by atoms with Crippen LogP contribution in [0.15, 0.2) is 18.2 Å². The average Bonchev–Trinajstić information content (AvgIpc) is 2.79. The molecule has 8 nitrogen and oxygen atoms in total. The highest BCUT2D eigenvalue weighted by molar-refractivity contribution is 5.92. The molecule has 2 atom stereocenters. The van der Waals surface area contributed by atoms with Crippen molar-refractivity contribution in [1.82, 2.24) is 15.5 Å². The molecule has 0 saturated carbocycles. The van der Waals surface area contributed by atoms with Gasteiger partial charge in [-0.05, 0) is 71.6 Å². The number of benzene rings is 1. The minimum atomic E-state index is -1.24. The second-order valence-corrected chi connectivity index (χ2v) is 11.0. The molecule has 2 unspecified atom stereocenters. The summed E-state index contributed by atoms with van der Waals surface area (Å²) in [6, 6.07) is 3.44. The first-order valence-electron chi connectivity index (χ1n) is 13.6. The van der Waals surface area contributed by atoms with Gasteiger partial charge >= 0.3 is 6.09 Å². The number of carbonyl (C=O) groups excluding carboxylic acids is 3. The number of hydrogen-bond donors (Lipinski definition) is 3. The number of carbonyl (C=O) groups is 3. The molecule has 0 aliphatic carbocycles. The summed E-state index contributed by atoms with van der Waals surface area (Å²) in [5.74, 6) is -0.816. The minimum Gasteiger partial charge on any atom is -0.444 e. The van der Waals surface area contributed by atoms with E-state index >= 15 is 0 Å². The van der Waals surface area contributed by atoms with Crippen molar-refractivity contribution in [3.05, 3.63) is 34.9 Å². The first-order valence-corrected chi connectivity index (χ1v) is 13.6. The number of aliphatic hydroxyl groups excluding tert-OH is 1. The van der Waals surface area contributed by atoms with E-state index < -0.39 is 36.3 Å². The van der Waals surface area contributed by atoms with E-state index in [4.69, 9.17) is 4.74 Å². The molecule has 8 heteroatoms. The number of unbranched alkanes of at least 4 members (excludes halogenated alkanes) is 5. The van der Waals surface area contributed by atoms with E-state index in [-0.39, 0.29) is 11.9 Å². The molecule has 0 heterocycles. The predicted octanol–water partition coefficient (Wildman–Crippen LogP) is 4.94. The monoisotopic (exact) mass is 519 g/mol. The molecule has 0 radical (unpaired) electrons. The summed E-state index contributed by atoms with van der Waals surface area (Å²) in [5, 5.41) is 15.5. The Morgan fingerprint density at radius 1 is 1.00 bits per heavy atom. The smallest absolute Gasteiger partial charge is 0.408 e. The molecule has 1 aromatic rings. The Balaban J connectivity index is 3.39. The fraction of sp³-hybridized carbons (Fsp3) is 0.690. The fourth-order valence-electron chi connectivity index (χ4n) is 4.15. The van der Waals surface area contributed by atoms with Crippen molar-refractivity contribution in [2.24, 2.45) is 0 Å². The van der Waals surface area contributed by atoms with Crippen LogP contribution in [0.5, 0.6) is 0 Å². The van der Waals surface area contributed by atoms with Gasteiger partial charge in [-0.3, -0.25) is 9.59 Å². The van der Waals surface area contributed by atoms with Gasteiger partial charge in [0.2, 0.25) is 11.8 Å². The molecular weight excluding hydrogens is 470 g/mol. The molecule has 37 heavy (non-hydrogen) atoms. The van der Waals surface area contributed by atoms with E-state index in [1.54, 1.807) is 20.8 Å². The molecule has 0 fully saturated rings. The maximum Gasteiger partial charge on any atom is 0.408 e. The van der Waals surface area contributed by atoms with Crippen LogP contribution in [0.4, 0.5) is 4.79 Å². The van der Waals surface area contributed by atoms with Crippen LogP contribution in [-0.4, -0.2) is 58.8 Å². The van der Waals surface area contributed by atoms with Crippen molar-refractivity contribution in [2.75, 3.05) is 13.2 Å². The van der Waals surface area contributed by atoms with Crippen molar-refractivity contribution < 1.29 is 24.2 Å². The highest BCUT2D eigenvalue weighted by Crippen LogP contribution is 2.28. The van der Waals surface area contributed by atoms with Crippen LogP contribution < -0.4 is 10.6 Å². The number of aliphatic hydroxyl groups is 1. The third-order valence-electron chi connectivity index (χ3n) is 6.14. The SMILES string of the molecule is CCCCCCCCN(C(=O)C(CO)NC(=O)OC(C)(C)C)C(C(=O)NC(C)C)c1cccc(C)c1C. The standard InChI is InChI=1S/C29H49N3O5/c1-9-10-11-12-13-14-18-32(27(35)24(19-33)31-28(36)37-29(6,7)8)25(26(34)30-20(2)3)23-17-15-16-21(4)22(23)5/h15-17,20,24-25,33H,9-14,18-19H2,1-8H3,(H,30,34)(H,31,36). The third kappa shape index (κ3) is 11.1. The summed E-state index contributed by atoms with van der Waals surface area (Å²) in [5.41, 5.74) is 1.90. The average molecular weight is 520 g/mol. The zero-order valence-corrected chi connectivity index (χ0v) is 24.1. The Hall–Kier alpha value is -2.61. The number of alkyl carbamates (subject to hydrolysis) is 1. The first-order chi connectivity index (χ1) is 17.3. The lowest BCUT2D eigenvalue weighted by Crippen LogP contribution is -2.55. The highest BCUT2D eigenvalue weighted by Gasteiger charge is 2.36. The van der Waals surface area contributed by atoms with Gasteiger partial charge in [0.1, 0.15) is 17.7 Å². The van der Waals surface area contributed by atoms with E-state index in [9.17, 15) is 19.5 Å². The summed E-state index contributed by atoms with van der Waals surface area (Å²) < 4.78 is 5.30. The Labute approximate surface area is 223 Å². The zero-order chi connectivity index (χ0) is 28.2. The largest absolute Gasteiger partial charge is 0.444 e. The Bertz CT molecular complexity index is 879.